The molecule has 5 heteroatoms. The van der Waals surface area contributed by atoms with Gasteiger partial charge in [-0.1, -0.05) is 6.07 Å². The largest absolute Gasteiger partial charge is 0.496 e. The van der Waals surface area contributed by atoms with Gasteiger partial charge in [0.1, 0.15) is 12.4 Å². The highest BCUT2D eigenvalue weighted by Crippen LogP contribution is 2.33. The summed E-state index contributed by atoms with van der Waals surface area (Å²) < 4.78 is 11.5. The Morgan fingerprint density at radius 2 is 2.00 bits per heavy atom. The Morgan fingerprint density at radius 3 is 2.67 bits per heavy atom. The Morgan fingerprint density at radius 1 is 1.25 bits per heavy atom. The number of carbonyl (C=O) groups is 1. The molecule has 0 unspecified atom stereocenters. The SMILES string of the molecule is COc1cc2c(cc1CN1CCC3(CC1)CNC(=O)CO3)CCC2. The summed E-state index contributed by atoms with van der Waals surface area (Å²) in [4.78, 5) is 13.8. The number of aryl methyl sites for hydroxylation is 2. The fourth-order valence-corrected chi connectivity index (χ4v) is 4.23. The van der Waals surface area contributed by atoms with Gasteiger partial charge in [-0.15, -0.1) is 0 Å². The molecule has 1 aromatic carbocycles. The van der Waals surface area contributed by atoms with Crippen LogP contribution in [0.4, 0.5) is 0 Å². The number of benzene rings is 1. The van der Waals surface area contributed by atoms with Crippen molar-refractivity contribution in [2.45, 2.75) is 44.2 Å². The van der Waals surface area contributed by atoms with Crippen molar-refractivity contribution < 1.29 is 14.3 Å². The minimum Gasteiger partial charge on any atom is -0.496 e. The summed E-state index contributed by atoms with van der Waals surface area (Å²) in [6.07, 6.45) is 5.59. The molecule has 3 aliphatic rings. The van der Waals surface area contributed by atoms with Gasteiger partial charge in [-0.25, -0.2) is 0 Å². The fraction of sp³-hybridized carbons (Fsp3) is 0.632. The van der Waals surface area contributed by atoms with Crippen molar-refractivity contribution in [3.8, 4) is 5.75 Å². The molecule has 2 fully saturated rings. The van der Waals surface area contributed by atoms with E-state index in [4.69, 9.17) is 9.47 Å². The number of fused-ring (bicyclic) bond motifs is 1. The van der Waals surface area contributed by atoms with Gasteiger partial charge in [-0.2, -0.15) is 0 Å². The monoisotopic (exact) mass is 330 g/mol. The fourth-order valence-electron chi connectivity index (χ4n) is 4.23. The predicted octanol–water partition coefficient (Wildman–Crippen LogP) is 1.66. The van der Waals surface area contributed by atoms with Crippen LogP contribution in [0.2, 0.25) is 0 Å². The standard InChI is InChI=1S/C19H26N2O3/c1-23-17-10-15-4-2-3-14(15)9-16(17)11-21-7-5-19(6-8-21)13-20-18(22)12-24-19/h9-10H,2-8,11-13H2,1H3,(H,20,22). The quantitative estimate of drug-likeness (QED) is 0.916. The first kappa shape index (κ1) is 15.9. The third-order valence-electron chi connectivity index (χ3n) is 5.77. The molecule has 1 amide bonds. The van der Waals surface area contributed by atoms with E-state index in [-0.39, 0.29) is 18.1 Å². The van der Waals surface area contributed by atoms with Crippen molar-refractivity contribution in [3.63, 3.8) is 0 Å². The van der Waals surface area contributed by atoms with Crippen LogP contribution in [0.15, 0.2) is 12.1 Å². The lowest BCUT2D eigenvalue weighted by molar-refractivity contribution is -0.150. The van der Waals surface area contributed by atoms with Gasteiger partial charge < -0.3 is 14.8 Å². The Labute approximate surface area is 143 Å². The van der Waals surface area contributed by atoms with Crippen LogP contribution in [0.3, 0.4) is 0 Å². The van der Waals surface area contributed by atoms with Gasteiger partial charge in [-0.3, -0.25) is 9.69 Å². The average Bonchev–Trinajstić information content (AvgIpc) is 3.06. The lowest BCUT2D eigenvalue weighted by Crippen LogP contribution is -2.57. The lowest BCUT2D eigenvalue weighted by Gasteiger charge is -2.43. The molecular weight excluding hydrogens is 304 g/mol. The van der Waals surface area contributed by atoms with E-state index in [1.54, 1.807) is 7.11 Å². The third kappa shape index (κ3) is 3.03. The molecule has 2 aliphatic heterocycles. The Balaban J connectivity index is 1.41. The molecule has 0 atom stereocenters. The first-order valence-electron chi connectivity index (χ1n) is 8.99. The van der Waals surface area contributed by atoms with Gasteiger partial charge in [0.2, 0.25) is 5.91 Å². The highest BCUT2D eigenvalue weighted by molar-refractivity contribution is 5.78. The van der Waals surface area contributed by atoms with Gasteiger partial charge in [0.15, 0.2) is 0 Å². The average molecular weight is 330 g/mol. The summed E-state index contributed by atoms with van der Waals surface area (Å²) in [6, 6.07) is 4.59. The smallest absolute Gasteiger partial charge is 0.246 e. The van der Waals surface area contributed by atoms with E-state index in [2.05, 4.69) is 22.3 Å². The Kier molecular flexibility index (Phi) is 4.22. The Bertz CT molecular complexity index is 624. The van der Waals surface area contributed by atoms with Crippen molar-refractivity contribution in [2.75, 3.05) is 33.4 Å². The highest BCUT2D eigenvalue weighted by atomic mass is 16.5. The molecule has 1 aliphatic carbocycles. The number of carbonyl (C=O) groups excluding carboxylic acids is 1. The van der Waals surface area contributed by atoms with E-state index in [0.717, 1.165) is 38.2 Å². The number of rotatable bonds is 3. The molecule has 0 saturated carbocycles. The predicted molar refractivity (Wildman–Crippen MR) is 91.2 cm³/mol. The van der Waals surface area contributed by atoms with E-state index < -0.39 is 0 Å². The number of ether oxygens (including phenoxy) is 2. The van der Waals surface area contributed by atoms with E-state index in [1.807, 2.05) is 0 Å². The first-order valence-corrected chi connectivity index (χ1v) is 8.99. The number of morpholine rings is 1. The topological polar surface area (TPSA) is 50.8 Å². The molecule has 1 aromatic rings. The summed E-state index contributed by atoms with van der Waals surface area (Å²) >= 11 is 0. The molecule has 0 radical (unpaired) electrons. The maximum atomic E-state index is 11.3. The van der Waals surface area contributed by atoms with Gasteiger partial charge in [0.05, 0.1) is 12.7 Å². The normalized spacial score (nSPS) is 23.1. The van der Waals surface area contributed by atoms with Gasteiger partial charge in [0.25, 0.3) is 0 Å². The van der Waals surface area contributed by atoms with Gasteiger partial charge >= 0.3 is 0 Å². The molecule has 1 N–H and O–H groups in total. The van der Waals surface area contributed by atoms with Gasteiger partial charge in [-0.05, 0) is 49.3 Å². The van der Waals surface area contributed by atoms with Crippen molar-refractivity contribution in [2.24, 2.45) is 0 Å². The zero-order chi connectivity index (χ0) is 16.6. The van der Waals surface area contributed by atoms with Crippen molar-refractivity contribution in [1.82, 2.24) is 10.2 Å². The third-order valence-corrected chi connectivity index (χ3v) is 5.77. The molecule has 2 saturated heterocycles. The van der Waals surface area contributed by atoms with Crippen molar-refractivity contribution in [1.29, 1.82) is 0 Å². The van der Waals surface area contributed by atoms with Crippen LogP contribution in [-0.4, -0.2) is 49.8 Å². The number of nitrogens with one attached hydrogen (secondary N) is 1. The maximum absolute atomic E-state index is 11.3. The van der Waals surface area contributed by atoms with E-state index in [0.29, 0.717) is 6.54 Å². The molecule has 24 heavy (non-hydrogen) atoms. The second-order valence-electron chi connectivity index (χ2n) is 7.31. The summed E-state index contributed by atoms with van der Waals surface area (Å²) in [6.45, 7) is 3.78. The second-order valence-corrected chi connectivity index (χ2v) is 7.31. The number of hydrogen-bond donors (Lipinski definition) is 1. The van der Waals surface area contributed by atoms with Gasteiger partial charge in [0, 0.05) is 31.7 Å². The highest BCUT2D eigenvalue weighted by Gasteiger charge is 2.39. The minimum atomic E-state index is -0.146. The number of methoxy groups -OCH3 is 1. The molecule has 0 bridgehead atoms. The zero-order valence-corrected chi connectivity index (χ0v) is 14.4. The summed E-state index contributed by atoms with van der Waals surface area (Å²) in [5.74, 6) is 1.03. The number of amides is 1. The van der Waals surface area contributed by atoms with E-state index in [1.165, 1.54) is 36.0 Å². The van der Waals surface area contributed by atoms with Crippen LogP contribution in [0, 0.1) is 0 Å². The van der Waals surface area contributed by atoms with Crippen LogP contribution in [0.5, 0.6) is 5.75 Å². The molecule has 1 spiro atoms. The summed E-state index contributed by atoms with van der Waals surface area (Å²) in [7, 11) is 1.77. The molecule has 130 valence electrons. The summed E-state index contributed by atoms with van der Waals surface area (Å²) in [5, 5.41) is 2.95. The Hall–Kier alpha value is -1.59. The van der Waals surface area contributed by atoms with E-state index in [9.17, 15) is 4.79 Å². The van der Waals surface area contributed by atoms with Crippen LogP contribution in [0.25, 0.3) is 0 Å². The van der Waals surface area contributed by atoms with Crippen LogP contribution < -0.4 is 10.1 Å². The van der Waals surface area contributed by atoms with Crippen molar-refractivity contribution in [3.05, 3.63) is 28.8 Å². The molecular formula is C19H26N2O3. The summed E-state index contributed by atoms with van der Waals surface area (Å²) in [5.41, 5.74) is 4.11. The van der Waals surface area contributed by atoms with Crippen LogP contribution >= 0.6 is 0 Å². The molecule has 2 heterocycles. The van der Waals surface area contributed by atoms with Crippen LogP contribution in [0.1, 0.15) is 36.0 Å². The molecule has 5 nitrogen and oxygen atoms in total. The maximum Gasteiger partial charge on any atom is 0.246 e. The molecule has 4 rings (SSSR count). The first-order chi connectivity index (χ1) is 11.7. The zero-order valence-electron chi connectivity index (χ0n) is 14.4. The number of piperidine rings is 1. The number of hydrogen-bond acceptors (Lipinski definition) is 4. The number of nitrogens with zero attached hydrogens (tertiary/aromatic N) is 1. The molecule has 0 aromatic heterocycles. The van der Waals surface area contributed by atoms with Crippen LogP contribution in [-0.2, 0) is 28.9 Å². The second kappa shape index (κ2) is 6.37. The minimum absolute atomic E-state index is 0.00549. The number of likely N-dealkylation sites (tertiary alicyclic amines) is 1. The lowest BCUT2D eigenvalue weighted by atomic mass is 9.89. The van der Waals surface area contributed by atoms with E-state index >= 15 is 0 Å². The van der Waals surface area contributed by atoms with Crippen molar-refractivity contribution >= 4 is 5.91 Å².